The third-order valence-corrected chi connectivity index (χ3v) is 10.8. The van der Waals surface area contributed by atoms with Crippen LogP contribution in [0.25, 0.3) is 11.1 Å². The van der Waals surface area contributed by atoms with E-state index in [0.717, 1.165) is 33.4 Å². The van der Waals surface area contributed by atoms with E-state index in [1.54, 1.807) is 13.0 Å². The molecular formula is C49H58N8O12. The van der Waals surface area contributed by atoms with Crippen LogP contribution in [0, 0.1) is 10.1 Å². The van der Waals surface area contributed by atoms with Gasteiger partial charge in [0, 0.05) is 38.2 Å². The molecule has 6 N–H and O–H groups in total. The fourth-order valence-corrected chi connectivity index (χ4v) is 7.35. The Balaban J connectivity index is 0.764. The number of methoxy groups -OCH3 is 1. The van der Waals surface area contributed by atoms with E-state index in [-0.39, 0.29) is 72.9 Å². The molecule has 5 aromatic rings. The maximum Gasteiger partial charge on any atom is 0.407 e. The summed E-state index contributed by atoms with van der Waals surface area (Å²) in [5.74, 6) is 0.353. The highest BCUT2D eigenvalue weighted by atomic mass is 16.6. The summed E-state index contributed by atoms with van der Waals surface area (Å²) in [5.41, 5.74) is 11.8. The van der Waals surface area contributed by atoms with Crippen LogP contribution in [0.3, 0.4) is 0 Å². The Morgan fingerprint density at radius 3 is 2.06 bits per heavy atom. The molecule has 6 rings (SSSR count). The van der Waals surface area contributed by atoms with E-state index in [1.165, 1.54) is 25.4 Å². The monoisotopic (exact) mass is 950 g/mol. The smallest absolute Gasteiger partial charge is 0.407 e. The average Bonchev–Trinajstić information content (AvgIpc) is 3.68. The van der Waals surface area contributed by atoms with Crippen molar-refractivity contribution in [2.24, 2.45) is 0 Å². The first kappa shape index (κ1) is 50.9. The van der Waals surface area contributed by atoms with Gasteiger partial charge in [0.25, 0.3) is 5.69 Å². The van der Waals surface area contributed by atoms with Crippen molar-refractivity contribution in [2.75, 3.05) is 78.8 Å². The minimum absolute atomic E-state index is 0.0926. The van der Waals surface area contributed by atoms with Gasteiger partial charge in [0.2, 0.25) is 5.91 Å². The minimum Gasteiger partial charge on any atom is -0.493 e. The Kier molecular flexibility index (Phi) is 19.7. The van der Waals surface area contributed by atoms with Crippen LogP contribution in [0.2, 0.25) is 0 Å². The summed E-state index contributed by atoms with van der Waals surface area (Å²) in [6.45, 7) is 5.07. The number of nitro benzene ring substituents is 1. The molecule has 1 heterocycles. The van der Waals surface area contributed by atoms with Crippen LogP contribution >= 0.6 is 0 Å². The second-order valence-corrected chi connectivity index (χ2v) is 15.6. The van der Waals surface area contributed by atoms with Crippen molar-refractivity contribution in [1.82, 2.24) is 31.2 Å². The largest absolute Gasteiger partial charge is 0.493 e. The molecule has 1 aromatic heterocycles. The Labute approximate surface area is 399 Å². The van der Waals surface area contributed by atoms with E-state index < -0.39 is 17.1 Å². The summed E-state index contributed by atoms with van der Waals surface area (Å²) in [6.07, 6.45) is 1.30. The molecule has 1 aliphatic carbocycles. The van der Waals surface area contributed by atoms with E-state index in [2.05, 4.69) is 31.2 Å². The molecule has 0 saturated heterocycles. The predicted octanol–water partition coefficient (Wildman–Crippen LogP) is 5.98. The molecular weight excluding hydrogens is 893 g/mol. The van der Waals surface area contributed by atoms with Crippen LogP contribution in [0.5, 0.6) is 17.5 Å². The second kappa shape index (κ2) is 26.7. The molecule has 1 aliphatic rings. The van der Waals surface area contributed by atoms with Gasteiger partial charge in [-0.3, -0.25) is 14.9 Å². The Bertz CT molecular complexity index is 2430. The number of hydrogen-bond acceptors (Lipinski definition) is 15. The van der Waals surface area contributed by atoms with Gasteiger partial charge in [-0.15, -0.1) is 0 Å². The molecule has 20 nitrogen and oxygen atoms in total. The molecule has 0 spiro atoms. The summed E-state index contributed by atoms with van der Waals surface area (Å²) < 4.78 is 39.0. The summed E-state index contributed by atoms with van der Waals surface area (Å²) in [7, 11) is 1.41. The molecule has 366 valence electrons. The van der Waals surface area contributed by atoms with Crippen molar-refractivity contribution >= 4 is 29.5 Å². The van der Waals surface area contributed by atoms with Gasteiger partial charge in [-0.2, -0.15) is 4.98 Å². The lowest BCUT2D eigenvalue weighted by atomic mass is 9.98. The van der Waals surface area contributed by atoms with E-state index in [0.29, 0.717) is 71.5 Å². The first-order valence-electron chi connectivity index (χ1n) is 22.5. The topological polar surface area (TPSA) is 259 Å². The number of fused-ring (bicyclic) bond motifs is 3. The Morgan fingerprint density at radius 1 is 0.768 bits per heavy atom. The number of rotatable bonds is 28. The summed E-state index contributed by atoms with van der Waals surface area (Å²) >= 11 is 0. The maximum absolute atomic E-state index is 13.0. The number of ether oxygens (including phenoxy) is 7. The zero-order chi connectivity index (χ0) is 48.8. The number of carbonyl (C=O) groups excluding carboxylic acids is 3. The van der Waals surface area contributed by atoms with Gasteiger partial charge >= 0.3 is 18.1 Å². The van der Waals surface area contributed by atoms with Gasteiger partial charge in [0.1, 0.15) is 19.0 Å². The number of nitrogen functional groups attached to an aromatic ring is 1. The Morgan fingerprint density at radius 2 is 1.41 bits per heavy atom. The molecule has 69 heavy (non-hydrogen) atoms. The minimum atomic E-state index is -0.804. The molecule has 0 saturated carbocycles. The summed E-state index contributed by atoms with van der Waals surface area (Å²) in [4.78, 5) is 57.1. The molecule has 0 radical (unpaired) electrons. The van der Waals surface area contributed by atoms with Crippen LogP contribution in [-0.4, -0.2) is 106 Å². The molecule has 0 bridgehead atoms. The predicted molar refractivity (Wildman–Crippen MR) is 254 cm³/mol. The van der Waals surface area contributed by atoms with Crippen LogP contribution in [0.1, 0.15) is 59.5 Å². The van der Waals surface area contributed by atoms with Crippen molar-refractivity contribution in [3.8, 4) is 28.6 Å². The standard InChI is InChI=1S/C49H58N8O12/c1-33(55-49(60)69-32-41-38-10-5-3-8-36(38)37-9-4-6-11-39(37)41)40-28-43(63-2)44(29-42(40)57(61)62)67-21-7-12-46(58)51-19-22-64-24-26-66-27-25-65-23-20-52-47(59)54-30-34-13-15-35(16-14-34)31-68-48-53-18-17-45(50)56-48/h3-6,8-11,13-18,28-29,33,41H,7,12,19-27,30-32H2,1-2H3,(H,51,58)(H,55,60)(H2,50,53,56)(H2,52,54,59). The van der Waals surface area contributed by atoms with E-state index in [9.17, 15) is 24.5 Å². The van der Waals surface area contributed by atoms with E-state index in [4.69, 9.17) is 38.9 Å². The maximum atomic E-state index is 13.0. The summed E-state index contributed by atoms with van der Waals surface area (Å²) in [6, 6.07) is 27.0. The number of nitrogens with one attached hydrogen (secondary N) is 4. The number of alkyl carbamates (subject to hydrolysis) is 1. The third-order valence-electron chi connectivity index (χ3n) is 10.8. The Hall–Kier alpha value is -7.55. The normalized spacial score (nSPS) is 12.0. The molecule has 4 aromatic carbocycles. The number of nitrogens with zero attached hydrogens (tertiary/aromatic N) is 3. The highest BCUT2D eigenvalue weighted by Gasteiger charge is 2.30. The number of anilines is 1. The van der Waals surface area contributed by atoms with Crippen LogP contribution in [-0.2, 0) is 36.9 Å². The third kappa shape index (κ3) is 15.8. The fraction of sp³-hybridized carbons (Fsp3) is 0.367. The lowest BCUT2D eigenvalue weighted by molar-refractivity contribution is -0.385. The highest BCUT2D eigenvalue weighted by molar-refractivity contribution is 5.79. The van der Waals surface area contributed by atoms with Crippen molar-refractivity contribution in [2.45, 2.75) is 44.9 Å². The van der Waals surface area contributed by atoms with E-state index in [1.807, 2.05) is 72.8 Å². The molecule has 0 fully saturated rings. The van der Waals surface area contributed by atoms with Crippen LogP contribution in [0.15, 0.2) is 97.2 Å². The number of carbonyl (C=O) groups is 3. The van der Waals surface area contributed by atoms with Crippen LogP contribution < -0.4 is 41.2 Å². The zero-order valence-corrected chi connectivity index (χ0v) is 38.6. The molecule has 1 unspecified atom stereocenters. The van der Waals surface area contributed by atoms with Gasteiger partial charge in [-0.05, 0) is 58.9 Å². The quantitative estimate of drug-likeness (QED) is 0.0220. The number of benzene rings is 4. The van der Waals surface area contributed by atoms with Crippen molar-refractivity contribution < 1.29 is 52.5 Å². The summed E-state index contributed by atoms with van der Waals surface area (Å²) in [5, 5.41) is 23.2. The van der Waals surface area contributed by atoms with Crippen molar-refractivity contribution in [3.05, 3.63) is 135 Å². The molecule has 1 atom stereocenters. The zero-order valence-electron chi connectivity index (χ0n) is 38.6. The fourth-order valence-electron chi connectivity index (χ4n) is 7.35. The van der Waals surface area contributed by atoms with Crippen molar-refractivity contribution in [1.29, 1.82) is 0 Å². The van der Waals surface area contributed by atoms with Gasteiger partial charge in [-0.1, -0.05) is 72.8 Å². The molecule has 0 aliphatic heterocycles. The molecule has 4 amide bonds. The van der Waals surface area contributed by atoms with Gasteiger partial charge in [0.15, 0.2) is 11.5 Å². The molecule has 20 heteroatoms. The highest BCUT2D eigenvalue weighted by Crippen LogP contribution is 2.44. The SMILES string of the molecule is COc1cc(C(C)NC(=O)OCC2c3ccccc3-c3ccccc32)c([N+](=O)[O-])cc1OCCCC(=O)NCCOCCOCCOCCNC(=O)NCc1ccc(COc2nccc(N)n2)cc1. The number of urea groups is 1. The lowest BCUT2D eigenvalue weighted by Gasteiger charge is -2.19. The number of hydrogen-bond donors (Lipinski definition) is 5. The van der Waals surface area contributed by atoms with Crippen molar-refractivity contribution in [3.63, 3.8) is 0 Å². The lowest BCUT2D eigenvalue weighted by Crippen LogP contribution is -2.37. The first-order chi connectivity index (χ1) is 33.6. The number of nitrogens with two attached hydrogens (primary N) is 1. The number of amides is 4. The number of nitro groups is 1. The second-order valence-electron chi connectivity index (χ2n) is 15.6. The first-order valence-corrected chi connectivity index (χ1v) is 22.5. The van der Waals surface area contributed by atoms with E-state index >= 15 is 0 Å². The number of aromatic nitrogens is 2. The average molecular weight is 951 g/mol. The van der Waals surface area contributed by atoms with Gasteiger partial charge < -0.3 is 60.2 Å². The van der Waals surface area contributed by atoms with Gasteiger partial charge in [-0.25, -0.2) is 14.6 Å². The van der Waals surface area contributed by atoms with Crippen LogP contribution in [0.4, 0.5) is 21.1 Å². The van der Waals surface area contributed by atoms with Gasteiger partial charge in [0.05, 0.1) is 76.0 Å².